The van der Waals surface area contributed by atoms with Gasteiger partial charge in [0.05, 0.1) is 5.01 Å². The van der Waals surface area contributed by atoms with Gasteiger partial charge in [-0.25, -0.2) is 4.98 Å². The zero-order chi connectivity index (χ0) is 17.4. The third kappa shape index (κ3) is 5.78. The first-order valence-corrected chi connectivity index (χ1v) is 9.59. The average molecular weight is 352 g/mol. The first-order valence-electron chi connectivity index (χ1n) is 8.77. The summed E-state index contributed by atoms with van der Waals surface area (Å²) in [7, 11) is 1.71. The third-order valence-electron chi connectivity index (χ3n) is 4.26. The molecule has 1 fully saturated rings. The maximum atomic E-state index is 11.5. The van der Waals surface area contributed by atoms with Gasteiger partial charge in [0.25, 0.3) is 0 Å². The molecule has 0 radical (unpaired) electrons. The summed E-state index contributed by atoms with van der Waals surface area (Å²) >= 11 is 1.74. The fraction of sp³-hybridized carbons (Fsp3) is 0.706. The minimum Gasteiger partial charge on any atom is -0.359 e. The third-order valence-corrected chi connectivity index (χ3v) is 5.23. The Labute approximate surface area is 148 Å². The van der Waals surface area contributed by atoms with E-state index in [0.717, 1.165) is 56.4 Å². The van der Waals surface area contributed by atoms with Crippen molar-refractivity contribution in [2.24, 2.45) is 10.9 Å². The summed E-state index contributed by atoms with van der Waals surface area (Å²) in [5.74, 6) is 1.62. The number of aromatic nitrogens is 1. The summed E-state index contributed by atoms with van der Waals surface area (Å²) < 4.78 is 0. The number of nitrogens with zero attached hydrogens (tertiary/aromatic N) is 3. The first kappa shape index (κ1) is 18.7. The van der Waals surface area contributed by atoms with Crippen molar-refractivity contribution >= 4 is 23.2 Å². The van der Waals surface area contributed by atoms with Crippen molar-refractivity contribution in [2.75, 3.05) is 33.2 Å². The first-order chi connectivity index (χ1) is 11.6. The van der Waals surface area contributed by atoms with Crippen molar-refractivity contribution in [3.8, 4) is 0 Å². The van der Waals surface area contributed by atoms with Crippen LogP contribution in [0, 0.1) is 12.8 Å². The Morgan fingerprint density at radius 3 is 2.79 bits per heavy atom. The largest absolute Gasteiger partial charge is 0.359 e. The van der Waals surface area contributed by atoms with E-state index in [1.54, 1.807) is 18.4 Å². The summed E-state index contributed by atoms with van der Waals surface area (Å²) in [4.78, 5) is 24.2. The summed E-state index contributed by atoms with van der Waals surface area (Å²) in [5, 5.41) is 7.26. The molecule has 134 valence electrons. The Kier molecular flexibility index (Phi) is 7.49. The molecule has 1 aromatic heterocycles. The molecular formula is C17H29N5OS. The SMILES string of the molecule is CCNC(=NCCc1ncc(C)s1)N1CCC(CC(=O)NC)CC1. The van der Waals surface area contributed by atoms with Crippen molar-refractivity contribution in [1.82, 2.24) is 20.5 Å². The minimum atomic E-state index is 0.146. The van der Waals surface area contributed by atoms with Gasteiger partial charge in [0.15, 0.2) is 5.96 Å². The predicted octanol–water partition coefficient (Wildman–Crippen LogP) is 1.81. The van der Waals surface area contributed by atoms with Crippen LogP contribution in [0.3, 0.4) is 0 Å². The van der Waals surface area contributed by atoms with Gasteiger partial charge in [-0.05, 0) is 32.6 Å². The second-order valence-corrected chi connectivity index (χ2v) is 7.48. The van der Waals surface area contributed by atoms with Crippen molar-refractivity contribution in [2.45, 2.75) is 39.5 Å². The lowest BCUT2D eigenvalue weighted by atomic mass is 9.93. The van der Waals surface area contributed by atoms with Crippen molar-refractivity contribution in [3.63, 3.8) is 0 Å². The highest BCUT2D eigenvalue weighted by Crippen LogP contribution is 2.20. The van der Waals surface area contributed by atoms with Gasteiger partial charge in [0.1, 0.15) is 0 Å². The molecule has 0 bridgehead atoms. The van der Waals surface area contributed by atoms with Gasteiger partial charge in [-0.15, -0.1) is 11.3 Å². The molecule has 2 N–H and O–H groups in total. The highest BCUT2D eigenvalue weighted by atomic mass is 32.1. The van der Waals surface area contributed by atoms with Crippen molar-refractivity contribution in [3.05, 3.63) is 16.1 Å². The van der Waals surface area contributed by atoms with E-state index in [2.05, 4.69) is 34.4 Å². The van der Waals surface area contributed by atoms with Crippen LogP contribution in [-0.2, 0) is 11.2 Å². The van der Waals surface area contributed by atoms with Crippen LogP contribution in [0.15, 0.2) is 11.2 Å². The predicted molar refractivity (Wildman–Crippen MR) is 99.5 cm³/mol. The number of carbonyl (C=O) groups excluding carboxylic acids is 1. The van der Waals surface area contributed by atoms with E-state index in [4.69, 9.17) is 4.99 Å². The van der Waals surface area contributed by atoms with Gasteiger partial charge >= 0.3 is 0 Å². The molecule has 0 saturated carbocycles. The molecule has 1 amide bonds. The normalized spacial score (nSPS) is 16.3. The highest BCUT2D eigenvalue weighted by molar-refractivity contribution is 7.11. The second-order valence-electron chi connectivity index (χ2n) is 6.16. The van der Waals surface area contributed by atoms with E-state index < -0.39 is 0 Å². The maximum Gasteiger partial charge on any atom is 0.220 e. The molecule has 1 saturated heterocycles. The van der Waals surface area contributed by atoms with Crippen LogP contribution in [0.4, 0.5) is 0 Å². The van der Waals surface area contributed by atoms with E-state index in [9.17, 15) is 4.79 Å². The zero-order valence-corrected chi connectivity index (χ0v) is 15.8. The number of aliphatic imine (C=N–C) groups is 1. The van der Waals surface area contributed by atoms with Crippen LogP contribution >= 0.6 is 11.3 Å². The van der Waals surface area contributed by atoms with Gasteiger partial charge in [-0.1, -0.05) is 0 Å². The number of amides is 1. The number of hydrogen-bond donors (Lipinski definition) is 2. The molecule has 1 aromatic rings. The molecule has 0 spiro atoms. The average Bonchev–Trinajstić information content (AvgIpc) is 3.00. The minimum absolute atomic E-state index is 0.146. The van der Waals surface area contributed by atoms with Gasteiger partial charge in [-0.3, -0.25) is 9.79 Å². The number of rotatable bonds is 6. The van der Waals surface area contributed by atoms with Crippen LogP contribution < -0.4 is 10.6 Å². The van der Waals surface area contributed by atoms with Crippen LogP contribution in [0.25, 0.3) is 0 Å². The topological polar surface area (TPSA) is 69.6 Å². The molecule has 2 heterocycles. The molecule has 2 rings (SSSR count). The maximum absolute atomic E-state index is 11.5. The van der Waals surface area contributed by atoms with Gasteiger partial charge < -0.3 is 15.5 Å². The molecule has 0 atom stereocenters. The Bertz CT molecular complexity index is 549. The zero-order valence-electron chi connectivity index (χ0n) is 15.0. The molecule has 1 aliphatic heterocycles. The van der Waals surface area contributed by atoms with Crippen molar-refractivity contribution in [1.29, 1.82) is 0 Å². The number of guanidine groups is 1. The van der Waals surface area contributed by atoms with Crippen LogP contribution in [0.2, 0.25) is 0 Å². The standard InChI is InChI=1S/C17H29N5OS/c1-4-19-17(20-8-5-16-21-12-13(2)24-16)22-9-6-14(7-10-22)11-15(23)18-3/h12,14H,4-11H2,1-3H3,(H,18,23)(H,19,20). The fourth-order valence-electron chi connectivity index (χ4n) is 2.91. The summed E-state index contributed by atoms with van der Waals surface area (Å²) in [6.07, 6.45) is 5.54. The van der Waals surface area contributed by atoms with E-state index in [0.29, 0.717) is 12.3 Å². The Hall–Kier alpha value is -1.63. The Balaban J connectivity index is 1.84. The van der Waals surface area contributed by atoms with Gasteiger partial charge in [0, 0.05) is 57.1 Å². The van der Waals surface area contributed by atoms with Crippen LogP contribution in [-0.4, -0.2) is 55.0 Å². The number of piperidine rings is 1. The number of hydrogen-bond acceptors (Lipinski definition) is 4. The van der Waals surface area contributed by atoms with E-state index in [1.165, 1.54) is 4.88 Å². The second kappa shape index (κ2) is 9.61. The fourth-order valence-corrected chi connectivity index (χ4v) is 3.69. The molecule has 24 heavy (non-hydrogen) atoms. The lowest BCUT2D eigenvalue weighted by Crippen LogP contribution is -2.46. The number of likely N-dealkylation sites (tertiary alicyclic amines) is 1. The number of carbonyl (C=O) groups is 1. The van der Waals surface area contributed by atoms with Gasteiger partial charge in [-0.2, -0.15) is 0 Å². The molecule has 0 unspecified atom stereocenters. The van der Waals surface area contributed by atoms with E-state index in [1.807, 2.05) is 6.20 Å². The van der Waals surface area contributed by atoms with E-state index >= 15 is 0 Å². The number of nitrogens with one attached hydrogen (secondary N) is 2. The lowest BCUT2D eigenvalue weighted by Gasteiger charge is -2.34. The highest BCUT2D eigenvalue weighted by Gasteiger charge is 2.22. The molecular weight excluding hydrogens is 322 g/mol. The molecule has 0 aliphatic carbocycles. The smallest absolute Gasteiger partial charge is 0.220 e. The molecule has 1 aliphatic rings. The molecule has 7 heteroatoms. The Morgan fingerprint density at radius 1 is 1.46 bits per heavy atom. The number of aryl methyl sites for hydroxylation is 1. The van der Waals surface area contributed by atoms with Crippen molar-refractivity contribution < 1.29 is 4.79 Å². The van der Waals surface area contributed by atoms with E-state index in [-0.39, 0.29) is 5.91 Å². The monoisotopic (exact) mass is 351 g/mol. The quantitative estimate of drug-likeness (QED) is 0.606. The van der Waals surface area contributed by atoms with Gasteiger partial charge in [0.2, 0.25) is 5.91 Å². The summed E-state index contributed by atoms with van der Waals surface area (Å²) in [5.41, 5.74) is 0. The van der Waals surface area contributed by atoms with Crippen LogP contribution in [0.5, 0.6) is 0 Å². The lowest BCUT2D eigenvalue weighted by molar-refractivity contribution is -0.121. The summed E-state index contributed by atoms with van der Waals surface area (Å²) in [6, 6.07) is 0. The molecule has 0 aromatic carbocycles. The Morgan fingerprint density at radius 2 is 2.21 bits per heavy atom. The summed E-state index contributed by atoms with van der Waals surface area (Å²) in [6.45, 7) is 7.73. The van der Waals surface area contributed by atoms with Crippen LogP contribution in [0.1, 0.15) is 36.1 Å². The molecule has 6 nitrogen and oxygen atoms in total. The number of thiazole rings is 1.